The van der Waals surface area contributed by atoms with Crippen molar-refractivity contribution in [3.8, 4) is 11.1 Å². The molecule has 5 heteroatoms. The van der Waals surface area contributed by atoms with Crippen molar-refractivity contribution < 1.29 is 19.0 Å². The normalized spacial score (nSPS) is 12.4. The van der Waals surface area contributed by atoms with Crippen LogP contribution in [0.3, 0.4) is 0 Å². The molecule has 0 unspecified atom stereocenters. The number of carbonyl (C=O) groups excluding carboxylic acids is 1. The maximum atomic E-state index is 12.9. The zero-order valence-corrected chi connectivity index (χ0v) is 25.0. The van der Waals surface area contributed by atoms with Crippen molar-refractivity contribution in [2.45, 2.75) is 11.5 Å². The number of amides is 1. The van der Waals surface area contributed by atoms with Gasteiger partial charge in [0.2, 0.25) is 0 Å². The van der Waals surface area contributed by atoms with Crippen LogP contribution in [0.25, 0.3) is 11.1 Å². The Morgan fingerprint density at radius 1 is 0.614 bits per heavy atom. The van der Waals surface area contributed by atoms with Crippen molar-refractivity contribution in [1.29, 1.82) is 0 Å². The lowest BCUT2D eigenvalue weighted by molar-refractivity contribution is -0.0255. The first-order valence-corrected chi connectivity index (χ1v) is 15.1. The van der Waals surface area contributed by atoms with Crippen LogP contribution >= 0.6 is 0 Å². The van der Waals surface area contributed by atoms with Crippen LogP contribution in [0.15, 0.2) is 140 Å². The van der Waals surface area contributed by atoms with Gasteiger partial charge in [-0.25, -0.2) is 4.79 Å². The molecule has 0 saturated heterocycles. The van der Waals surface area contributed by atoms with E-state index in [1.54, 1.807) is 11.9 Å². The summed E-state index contributed by atoms with van der Waals surface area (Å²) in [5.41, 5.74) is 7.18. The van der Waals surface area contributed by atoms with Gasteiger partial charge in [0.15, 0.2) is 0 Å². The van der Waals surface area contributed by atoms with Gasteiger partial charge in [0, 0.05) is 19.5 Å². The smallest absolute Gasteiger partial charge is 0.409 e. The number of rotatable bonds is 12. The predicted molar refractivity (Wildman–Crippen MR) is 174 cm³/mol. The van der Waals surface area contributed by atoms with Crippen molar-refractivity contribution in [3.05, 3.63) is 167 Å². The van der Waals surface area contributed by atoms with Crippen molar-refractivity contribution in [1.82, 2.24) is 4.90 Å². The topological polar surface area (TPSA) is 48.0 Å². The molecule has 1 amide bonds. The molecule has 5 aromatic rings. The Kier molecular flexibility index (Phi) is 9.16. The third-order valence-electron chi connectivity index (χ3n) is 8.31. The van der Waals surface area contributed by atoms with E-state index in [0.29, 0.717) is 33.0 Å². The van der Waals surface area contributed by atoms with Gasteiger partial charge in [-0.3, -0.25) is 0 Å². The van der Waals surface area contributed by atoms with Crippen LogP contribution < -0.4 is 0 Å². The molecular formula is C39H37NO4. The molecule has 0 saturated carbocycles. The van der Waals surface area contributed by atoms with E-state index in [-0.39, 0.29) is 12.0 Å². The standard InChI is InChI=1S/C39H37NO4/c1-40(38(41)43-29-37-35-23-13-11-21-33(35)34-22-12-14-24-36(34)37)25-26-42-27-28-44-39(30-15-5-2-6-16-30,31-17-7-3-8-18-31)32-19-9-4-10-20-32/h2-24,37H,25-29H2,1H3. The molecule has 0 radical (unpaired) electrons. The van der Waals surface area contributed by atoms with E-state index in [1.807, 2.05) is 78.9 Å². The zero-order valence-electron chi connectivity index (χ0n) is 25.0. The molecule has 1 aliphatic rings. The van der Waals surface area contributed by atoms with Crippen LogP contribution in [0, 0.1) is 0 Å². The van der Waals surface area contributed by atoms with Crippen LogP contribution in [0.5, 0.6) is 0 Å². The largest absolute Gasteiger partial charge is 0.448 e. The minimum Gasteiger partial charge on any atom is -0.448 e. The van der Waals surface area contributed by atoms with E-state index in [4.69, 9.17) is 14.2 Å². The van der Waals surface area contributed by atoms with Crippen molar-refractivity contribution in [2.75, 3.05) is 40.0 Å². The number of hydrogen-bond donors (Lipinski definition) is 0. The molecule has 0 aromatic heterocycles. The van der Waals surface area contributed by atoms with Crippen LogP contribution in [-0.4, -0.2) is 51.0 Å². The molecule has 0 N–H and O–H groups in total. The molecule has 6 rings (SSSR count). The highest BCUT2D eigenvalue weighted by molar-refractivity contribution is 5.79. The van der Waals surface area contributed by atoms with E-state index in [2.05, 4.69) is 60.7 Å². The SMILES string of the molecule is CN(CCOCCOC(c1ccccc1)(c1ccccc1)c1ccccc1)C(=O)OCC1c2ccccc2-c2ccccc21. The molecule has 222 valence electrons. The Morgan fingerprint density at radius 2 is 1.07 bits per heavy atom. The van der Waals surface area contributed by atoms with Gasteiger partial charge in [-0.1, -0.05) is 140 Å². The van der Waals surface area contributed by atoms with E-state index < -0.39 is 5.60 Å². The molecule has 0 aliphatic heterocycles. The summed E-state index contributed by atoms with van der Waals surface area (Å²) >= 11 is 0. The average molecular weight is 584 g/mol. The van der Waals surface area contributed by atoms with Crippen LogP contribution in [0.1, 0.15) is 33.7 Å². The van der Waals surface area contributed by atoms with E-state index in [1.165, 1.54) is 22.3 Å². The second-order valence-corrected chi connectivity index (χ2v) is 11.0. The van der Waals surface area contributed by atoms with Gasteiger partial charge in [-0.05, 0) is 38.9 Å². The van der Waals surface area contributed by atoms with Gasteiger partial charge in [0.25, 0.3) is 0 Å². The van der Waals surface area contributed by atoms with Gasteiger partial charge >= 0.3 is 6.09 Å². The Labute approximate surface area is 259 Å². The summed E-state index contributed by atoms with van der Waals surface area (Å²) in [4.78, 5) is 14.4. The molecule has 5 nitrogen and oxygen atoms in total. The highest BCUT2D eigenvalue weighted by Crippen LogP contribution is 2.44. The number of benzene rings is 5. The quantitative estimate of drug-likeness (QED) is 0.111. The summed E-state index contributed by atoms with van der Waals surface area (Å²) in [6.45, 7) is 1.84. The highest BCUT2D eigenvalue weighted by Gasteiger charge is 2.37. The summed E-state index contributed by atoms with van der Waals surface area (Å²) in [5, 5.41) is 0. The fourth-order valence-electron chi connectivity index (χ4n) is 6.12. The number of hydrogen-bond acceptors (Lipinski definition) is 4. The minimum absolute atomic E-state index is 0.0345. The Bertz CT molecular complexity index is 1510. The second-order valence-electron chi connectivity index (χ2n) is 11.0. The first-order chi connectivity index (χ1) is 21.7. The molecule has 0 spiro atoms. The lowest BCUT2D eigenvalue weighted by Gasteiger charge is -2.36. The Hall–Kier alpha value is -4.71. The van der Waals surface area contributed by atoms with Gasteiger partial charge in [-0.2, -0.15) is 0 Å². The fourth-order valence-corrected chi connectivity index (χ4v) is 6.12. The molecule has 0 atom stereocenters. The summed E-state index contributed by atoms with van der Waals surface area (Å²) in [7, 11) is 1.74. The van der Waals surface area contributed by atoms with Gasteiger partial charge in [0.05, 0.1) is 19.8 Å². The van der Waals surface area contributed by atoms with Crippen LogP contribution in [0.2, 0.25) is 0 Å². The molecule has 0 bridgehead atoms. The number of fused-ring (bicyclic) bond motifs is 3. The zero-order chi connectivity index (χ0) is 30.2. The predicted octanol–water partition coefficient (Wildman–Crippen LogP) is 7.89. The van der Waals surface area contributed by atoms with Crippen molar-refractivity contribution in [3.63, 3.8) is 0 Å². The van der Waals surface area contributed by atoms with Gasteiger partial charge < -0.3 is 19.1 Å². The van der Waals surface area contributed by atoms with Crippen LogP contribution in [-0.2, 0) is 19.8 Å². The number of nitrogens with zero attached hydrogens (tertiary/aromatic N) is 1. The molecular weight excluding hydrogens is 546 g/mol. The summed E-state index contributed by atoms with van der Waals surface area (Å²) in [5.74, 6) is 0.0345. The maximum absolute atomic E-state index is 12.9. The van der Waals surface area contributed by atoms with Gasteiger partial charge in [0.1, 0.15) is 12.2 Å². The molecule has 0 fully saturated rings. The third-order valence-corrected chi connectivity index (χ3v) is 8.31. The summed E-state index contributed by atoms with van der Waals surface area (Å²) < 4.78 is 18.5. The van der Waals surface area contributed by atoms with Gasteiger partial charge in [-0.15, -0.1) is 0 Å². The first kappa shape index (κ1) is 29.4. The maximum Gasteiger partial charge on any atom is 0.409 e. The Morgan fingerprint density at radius 3 is 1.57 bits per heavy atom. The monoisotopic (exact) mass is 583 g/mol. The molecule has 0 heterocycles. The van der Waals surface area contributed by atoms with Crippen molar-refractivity contribution >= 4 is 6.09 Å². The van der Waals surface area contributed by atoms with E-state index in [0.717, 1.165) is 16.7 Å². The number of likely N-dealkylation sites (N-methyl/N-ethyl adjacent to an activating group) is 1. The summed E-state index contributed by atoms with van der Waals surface area (Å²) in [6, 6.07) is 47.6. The van der Waals surface area contributed by atoms with E-state index in [9.17, 15) is 4.79 Å². The summed E-state index contributed by atoms with van der Waals surface area (Å²) in [6.07, 6.45) is -0.358. The van der Waals surface area contributed by atoms with Crippen molar-refractivity contribution in [2.24, 2.45) is 0 Å². The average Bonchev–Trinajstić information content (AvgIpc) is 3.41. The molecule has 44 heavy (non-hydrogen) atoms. The second kappa shape index (κ2) is 13.7. The lowest BCUT2D eigenvalue weighted by atomic mass is 9.80. The highest BCUT2D eigenvalue weighted by atomic mass is 16.6. The third kappa shape index (κ3) is 6.02. The fraction of sp³-hybridized carbons (Fsp3) is 0.205. The minimum atomic E-state index is -0.786. The first-order valence-electron chi connectivity index (χ1n) is 15.1. The van der Waals surface area contributed by atoms with E-state index >= 15 is 0 Å². The number of carbonyl (C=O) groups is 1. The lowest BCUT2D eigenvalue weighted by Crippen LogP contribution is -2.34. The molecule has 1 aliphatic carbocycles. The number of ether oxygens (including phenoxy) is 3. The Balaban J connectivity index is 1.04. The molecule has 5 aromatic carbocycles. The van der Waals surface area contributed by atoms with Crippen LogP contribution in [0.4, 0.5) is 4.79 Å².